The van der Waals surface area contributed by atoms with Gasteiger partial charge in [-0.1, -0.05) is 18.2 Å². The van der Waals surface area contributed by atoms with Crippen molar-refractivity contribution >= 4 is 21.3 Å². The van der Waals surface area contributed by atoms with Gasteiger partial charge >= 0.3 is 0 Å². The molecule has 0 saturated carbocycles. The van der Waals surface area contributed by atoms with Crippen molar-refractivity contribution in [1.29, 1.82) is 0 Å². The van der Waals surface area contributed by atoms with Gasteiger partial charge in [0.15, 0.2) is 9.84 Å². The third-order valence-corrected chi connectivity index (χ3v) is 6.39. The van der Waals surface area contributed by atoms with Crippen LogP contribution < -0.4 is 5.32 Å². The van der Waals surface area contributed by atoms with Crippen LogP contribution in [0.1, 0.15) is 25.0 Å². The lowest BCUT2D eigenvalue weighted by atomic mass is 10.1. The van der Waals surface area contributed by atoms with Gasteiger partial charge in [0.05, 0.1) is 28.3 Å². The highest BCUT2D eigenvalue weighted by Gasteiger charge is 2.18. The topological polar surface area (TPSA) is 80.5 Å². The third kappa shape index (κ3) is 3.77. The van der Waals surface area contributed by atoms with Crippen molar-refractivity contribution in [3.05, 3.63) is 66.0 Å². The van der Waals surface area contributed by atoms with Crippen molar-refractivity contribution in [3.63, 3.8) is 0 Å². The standard InChI is InChI=1S/C19H21N3O3S/c1-14(2)26(24,25)17-8-6-15(7-9-17)11-19(23)20-12-16-13-21-22-10-4-3-5-18(16)22/h3-10,13-14H,11-12H2,1-2H3,(H,20,23). The number of carbonyl (C=O) groups is 1. The fraction of sp³-hybridized carbons (Fsp3) is 0.263. The first kappa shape index (κ1) is 18.1. The number of benzene rings is 1. The van der Waals surface area contributed by atoms with E-state index in [0.717, 1.165) is 16.6 Å². The number of carbonyl (C=O) groups excluding carboxylic acids is 1. The Morgan fingerprint density at radius 3 is 2.58 bits per heavy atom. The molecule has 7 heteroatoms. The summed E-state index contributed by atoms with van der Waals surface area (Å²) in [5.74, 6) is -0.125. The molecule has 0 saturated heterocycles. The molecule has 0 unspecified atom stereocenters. The summed E-state index contributed by atoms with van der Waals surface area (Å²) in [5, 5.41) is 6.64. The first-order chi connectivity index (χ1) is 12.4. The van der Waals surface area contributed by atoms with Crippen molar-refractivity contribution in [2.24, 2.45) is 0 Å². The lowest BCUT2D eigenvalue weighted by Gasteiger charge is -2.09. The Balaban J connectivity index is 1.62. The van der Waals surface area contributed by atoms with Gasteiger partial charge in [0.1, 0.15) is 0 Å². The molecule has 0 bridgehead atoms. The molecule has 1 aromatic carbocycles. The number of sulfone groups is 1. The molecule has 0 aliphatic carbocycles. The number of nitrogens with one attached hydrogen (secondary N) is 1. The second-order valence-electron chi connectivity index (χ2n) is 6.39. The maximum atomic E-state index is 12.2. The van der Waals surface area contributed by atoms with Crippen LogP contribution in [0.3, 0.4) is 0 Å². The van der Waals surface area contributed by atoms with E-state index >= 15 is 0 Å². The van der Waals surface area contributed by atoms with Crippen LogP contribution in [0.4, 0.5) is 0 Å². The van der Waals surface area contributed by atoms with Crippen LogP contribution in [0.5, 0.6) is 0 Å². The van der Waals surface area contributed by atoms with Crippen molar-refractivity contribution in [2.45, 2.75) is 37.0 Å². The highest BCUT2D eigenvalue weighted by molar-refractivity contribution is 7.92. The van der Waals surface area contributed by atoms with Crippen LogP contribution >= 0.6 is 0 Å². The molecule has 6 nitrogen and oxygen atoms in total. The lowest BCUT2D eigenvalue weighted by molar-refractivity contribution is -0.120. The first-order valence-corrected chi connectivity index (χ1v) is 9.93. The van der Waals surface area contributed by atoms with Gasteiger partial charge < -0.3 is 5.32 Å². The molecule has 136 valence electrons. The predicted octanol–water partition coefficient (Wildman–Crippen LogP) is 2.38. The minimum Gasteiger partial charge on any atom is -0.352 e. The van der Waals surface area contributed by atoms with E-state index in [4.69, 9.17) is 0 Å². The Morgan fingerprint density at radius 1 is 1.15 bits per heavy atom. The van der Waals surface area contributed by atoms with E-state index in [0.29, 0.717) is 6.54 Å². The predicted molar refractivity (Wildman–Crippen MR) is 99.5 cm³/mol. The minimum absolute atomic E-state index is 0.125. The molecule has 0 atom stereocenters. The minimum atomic E-state index is -3.29. The monoisotopic (exact) mass is 371 g/mol. The van der Waals surface area contributed by atoms with Crippen LogP contribution in [-0.2, 0) is 27.6 Å². The smallest absolute Gasteiger partial charge is 0.224 e. The zero-order valence-electron chi connectivity index (χ0n) is 14.7. The van der Waals surface area contributed by atoms with Gasteiger partial charge in [0.25, 0.3) is 0 Å². The Kier molecular flexibility index (Phi) is 5.08. The van der Waals surface area contributed by atoms with Gasteiger partial charge in [-0.25, -0.2) is 12.9 Å². The van der Waals surface area contributed by atoms with Crippen LogP contribution in [0.2, 0.25) is 0 Å². The van der Waals surface area contributed by atoms with Crippen LogP contribution in [0.15, 0.2) is 59.8 Å². The van der Waals surface area contributed by atoms with Gasteiger partial charge in [-0.05, 0) is 43.7 Å². The first-order valence-electron chi connectivity index (χ1n) is 8.38. The van der Waals surface area contributed by atoms with Crippen molar-refractivity contribution in [1.82, 2.24) is 14.9 Å². The van der Waals surface area contributed by atoms with E-state index in [1.165, 1.54) is 0 Å². The fourth-order valence-electron chi connectivity index (χ4n) is 2.63. The molecule has 0 radical (unpaired) electrons. The van der Waals surface area contributed by atoms with Gasteiger partial charge in [-0.3, -0.25) is 4.79 Å². The van der Waals surface area contributed by atoms with Crippen LogP contribution in [-0.4, -0.2) is 29.2 Å². The molecule has 1 amide bonds. The van der Waals surface area contributed by atoms with Crippen molar-refractivity contribution < 1.29 is 13.2 Å². The number of fused-ring (bicyclic) bond motifs is 1. The fourth-order valence-corrected chi connectivity index (χ4v) is 3.69. The summed E-state index contributed by atoms with van der Waals surface area (Å²) < 4.78 is 26.0. The largest absolute Gasteiger partial charge is 0.352 e. The van der Waals surface area contributed by atoms with E-state index in [1.807, 2.05) is 24.4 Å². The molecule has 0 aliphatic rings. The number of pyridine rings is 1. The van der Waals surface area contributed by atoms with Gasteiger partial charge in [-0.15, -0.1) is 0 Å². The molecule has 2 heterocycles. The summed E-state index contributed by atoms with van der Waals surface area (Å²) in [6.07, 6.45) is 3.79. The summed E-state index contributed by atoms with van der Waals surface area (Å²) in [5.41, 5.74) is 2.67. The lowest BCUT2D eigenvalue weighted by Crippen LogP contribution is -2.24. The Morgan fingerprint density at radius 2 is 1.88 bits per heavy atom. The Labute approximate surface area is 152 Å². The van der Waals surface area contributed by atoms with Gasteiger partial charge in [0, 0.05) is 18.3 Å². The van der Waals surface area contributed by atoms with E-state index in [1.54, 1.807) is 48.8 Å². The molecule has 3 aromatic rings. The molecule has 0 aliphatic heterocycles. The highest BCUT2D eigenvalue weighted by Crippen LogP contribution is 2.17. The van der Waals surface area contributed by atoms with E-state index in [9.17, 15) is 13.2 Å². The Bertz CT molecular complexity index is 1020. The Hall–Kier alpha value is -2.67. The van der Waals surface area contributed by atoms with Crippen LogP contribution in [0.25, 0.3) is 5.52 Å². The maximum absolute atomic E-state index is 12.2. The third-order valence-electron chi connectivity index (χ3n) is 4.22. The average molecular weight is 371 g/mol. The molecule has 2 aromatic heterocycles. The van der Waals surface area contributed by atoms with E-state index in [-0.39, 0.29) is 17.2 Å². The molecular formula is C19H21N3O3S. The summed E-state index contributed by atoms with van der Waals surface area (Å²) in [4.78, 5) is 12.5. The van der Waals surface area contributed by atoms with Crippen molar-refractivity contribution in [2.75, 3.05) is 0 Å². The number of hydrogen-bond donors (Lipinski definition) is 1. The quantitative estimate of drug-likeness (QED) is 0.721. The van der Waals surface area contributed by atoms with Gasteiger partial charge in [0.2, 0.25) is 5.91 Å². The van der Waals surface area contributed by atoms with Gasteiger partial charge in [-0.2, -0.15) is 5.10 Å². The molecule has 3 rings (SSSR count). The van der Waals surface area contributed by atoms with E-state index < -0.39 is 15.1 Å². The molecule has 26 heavy (non-hydrogen) atoms. The zero-order valence-corrected chi connectivity index (χ0v) is 15.5. The molecule has 0 spiro atoms. The molecule has 0 fully saturated rings. The second-order valence-corrected chi connectivity index (χ2v) is 8.90. The normalized spacial score (nSPS) is 11.8. The second kappa shape index (κ2) is 7.29. The van der Waals surface area contributed by atoms with E-state index in [2.05, 4.69) is 10.4 Å². The zero-order chi connectivity index (χ0) is 18.7. The maximum Gasteiger partial charge on any atom is 0.224 e. The summed E-state index contributed by atoms with van der Waals surface area (Å²) >= 11 is 0. The number of amides is 1. The molecular weight excluding hydrogens is 350 g/mol. The number of hydrogen-bond acceptors (Lipinski definition) is 4. The van der Waals surface area contributed by atoms with Crippen LogP contribution in [0, 0.1) is 0 Å². The number of rotatable bonds is 6. The summed E-state index contributed by atoms with van der Waals surface area (Å²) in [7, 11) is -3.29. The summed E-state index contributed by atoms with van der Waals surface area (Å²) in [6.45, 7) is 3.69. The van der Waals surface area contributed by atoms with Crippen molar-refractivity contribution in [3.8, 4) is 0 Å². The average Bonchev–Trinajstić information content (AvgIpc) is 3.03. The summed E-state index contributed by atoms with van der Waals surface area (Å²) in [6, 6.07) is 12.3. The molecule has 1 N–H and O–H groups in total. The number of nitrogens with zero attached hydrogens (tertiary/aromatic N) is 2. The SMILES string of the molecule is CC(C)S(=O)(=O)c1ccc(CC(=O)NCc2cnn3ccccc23)cc1. The highest BCUT2D eigenvalue weighted by atomic mass is 32.2. The number of aromatic nitrogens is 2.